The zero-order valence-corrected chi connectivity index (χ0v) is 18.8. The van der Waals surface area contributed by atoms with E-state index in [2.05, 4.69) is 23.5 Å². The van der Waals surface area contributed by atoms with Gasteiger partial charge in [0, 0.05) is 35.3 Å². The van der Waals surface area contributed by atoms with Crippen molar-refractivity contribution in [1.82, 2.24) is 10.2 Å². The molecule has 160 valence electrons. The van der Waals surface area contributed by atoms with E-state index in [1.807, 2.05) is 41.3 Å². The van der Waals surface area contributed by atoms with Gasteiger partial charge in [0.25, 0.3) is 5.91 Å². The fourth-order valence-electron chi connectivity index (χ4n) is 4.89. The number of nitrogens with zero attached hydrogens (tertiary/aromatic N) is 1. The molecule has 2 heterocycles. The maximum absolute atomic E-state index is 13.2. The van der Waals surface area contributed by atoms with E-state index in [0.717, 1.165) is 37.8 Å². The first-order valence-corrected chi connectivity index (χ1v) is 12.1. The molecule has 2 aromatic carbocycles. The number of rotatable bonds is 2. The van der Waals surface area contributed by atoms with Gasteiger partial charge in [-0.2, -0.15) is 0 Å². The number of halogens is 1. The van der Waals surface area contributed by atoms with E-state index >= 15 is 0 Å². The molecule has 0 spiro atoms. The quantitative estimate of drug-likeness (QED) is 0.674. The van der Waals surface area contributed by atoms with Crippen LogP contribution in [-0.4, -0.2) is 34.6 Å². The van der Waals surface area contributed by atoms with Gasteiger partial charge in [0.1, 0.15) is 0 Å². The second kappa shape index (κ2) is 8.71. The Labute approximate surface area is 192 Å². The average Bonchev–Trinajstić information content (AvgIpc) is 2.80. The molecule has 2 aromatic rings. The van der Waals surface area contributed by atoms with Gasteiger partial charge in [-0.3, -0.25) is 9.59 Å². The summed E-state index contributed by atoms with van der Waals surface area (Å²) in [5.41, 5.74) is 3.46. The number of fused-ring (bicyclic) bond motifs is 2. The molecule has 1 saturated carbocycles. The van der Waals surface area contributed by atoms with Crippen LogP contribution in [0.15, 0.2) is 53.4 Å². The van der Waals surface area contributed by atoms with Gasteiger partial charge in [-0.1, -0.05) is 54.1 Å². The molecule has 0 aromatic heterocycles. The first kappa shape index (κ1) is 20.7. The van der Waals surface area contributed by atoms with Crippen LogP contribution in [0.3, 0.4) is 0 Å². The van der Waals surface area contributed by atoms with E-state index in [1.54, 1.807) is 11.8 Å². The Bertz CT molecular complexity index is 1050. The molecule has 3 atom stereocenters. The number of hydrogen-bond acceptors (Lipinski definition) is 3. The van der Waals surface area contributed by atoms with E-state index in [-0.39, 0.29) is 23.8 Å². The maximum Gasteiger partial charge on any atom is 0.257 e. The van der Waals surface area contributed by atoms with Crippen molar-refractivity contribution >= 4 is 41.3 Å². The van der Waals surface area contributed by atoms with E-state index < -0.39 is 0 Å². The molecule has 4 nitrogen and oxygen atoms in total. The van der Waals surface area contributed by atoms with Gasteiger partial charge < -0.3 is 10.2 Å². The molecule has 0 radical (unpaired) electrons. The summed E-state index contributed by atoms with van der Waals surface area (Å²) in [7, 11) is 0. The second-order valence-corrected chi connectivity index (χ2v) is 10.2. The van der Waals surface area contributed by atoms with Crippen LogP contribution < -0.4 is 5.32 Å². The van der Waals surface area contributed by atoms with Crippen LogP contribution in [0.4, 0.5) is 0 Å². The summed E-state index contributed by atoms with van der Waals surface area (Å²) >= 11 is 7.89. The van der Waals surface area contributed by atoms with Crippen molar-refractivity contribution < 1.29 is 9.59 Å². The third-order valence-corrected chi connectivity index (χ3v) is 8.36. The van der Waals surface area contributed by atoms with Crippen LogP contribution >= 0.6 is 23.4 Å². The van der Waals surface area contributed by atoms with Crippen LogP contribution in [-0.2, 0) is 22.6 Å². The van der Waals surface area contributed by atoms with Crippen LogP contribution in [0.5, 0.6) is 0 Å². The van der Waals surface area contributed by atoms with E-state index in [0.29, 0.717) is 21.7 Å². The normalized spacial score (nSPS) is 26.7. The molecule has 0 bridgehead atoms. The SMILES string of the molecule is O=C1NC2CC(C(=O)N3CCc4ccccc4C3)CCC2S/C1=C\c1ccccc1Cl. The molecule has 2 aliphatic heterocycles. The lowest BCUT2D eigenvalue weighted by Crippen LogP contribution is -2.52. The smallest absolute Gasteiger partial charge is 0.257 e. The van der Waals surface area contributed by atoms with Crippen molar-refractivity contribution in [3.8, 4) is 0 Å². The Morgan fingerprint density at radius 1 is 1.10 bits per heavy atom. The lowest BCUT2D eigenvalue weighted by atomic mass is 9.83. The minimum absolute atomic E-state index is 0.0125. The van der Waals surface area contributed by atoms with Crippen molar-refractivity contribution in [1.29, 1.82) is 0 Å². The number of carbonyl (C=O) groups is 2. The molecular weight excluding hydrogens is 428 g/mol. The van der Waals surface area contributed by atoms with E-state index in [1.165, 1.54) is 11.1 Å². The summed E-state index contributed by atoms with van der Waals surface area (Å²) < 4.78 is 0. The van der Waals surface area contributed by atoms with Gasteiger partial charge in [-0.15, -0.1) is 11.8 Å². The summed E-state index contributed by atoms with van der Waals surface area (Å²) in [5.74, 6) is 0.164. The third-order valence-electron chi connectivity index (χ3n) is 6.59. The number of nitrogens with one attached hydrogen (secondary N) is 1. The lowest BCUT2D eigenvalue weighted by molar-refractivity contribution is -0.138. The van der Waals surface area contributed by atoms with Crippen LogP contribution in [0.1, 0.15) is 36.0 Å². The first-order valence-electron chi connectivity index (χ1n) is 10.9. The highest BCUT2D eigenvalue weighted by Gasteiger charge is 2.41. The highest BCUT2D eigenvalue weighted by molar-refractivity contribution is 8.04. The fourth-order valence-corrected chi connectivity index (χ4v) is 6.37. The van der Waals surface area contributed by atoms with Gasteiger partial charge in [-0.25, -0.2) is 0 Å². The molecule has 5 rings (SSSR count). The van der Waals surface area contributed by atoms with Gasteiger partial charge in [-0.05, 0) is 54.5 Å². The lowest BCUT2D eigenvalue weighted by Gasteiger charge is -2.41. The Hall–Kier alpha value is -2.24. The van der Waals surface area contributed by atoms with Crippen molar-refractivity contribution in [3.05, 3.63) is 75.1 Å². The van der Waals surface area contributed by atoms with Crippen molar-refractivity contribution in [3.63, 3.8) is 0 Å². The number of benzene rings is 2. The summed E-state index contributed by atoms with van der Waals surface area (Å²) in [5, 5.41) is 4.11. The highest BCUT2D eigenvalue weighted by Crippen LogP contribution is 2.41. The zero-order valence-electron chi connectivity index (χ0n) is 17.2. The van der Waals surface area contributed by atoms with Crippen LogP contribution in [0, 0.1) is 5.92 Å². The predicted molar refractivity (Wildman–Crippen MR) is 126 cm³/mol. The second-order valence-electron chi connectivity index (χ2n) is 8.55. The molecular formula is C25H25ClN2O2S. The Kier molecular flexibility index (Phi) is 5.81. The number of thioether (sulfide) groups is 1. The molecule has 3 unspecified atom stereocenters. The minimum Gasteiger partial charge on any atom is -0.348 e. The largest absolute Gasteiger partial charge is 0.348 e. The predicted octanol–water partition coefficient (Wildman–Crippen LogP) is 4.67. The number of carbonyl (C=O) groups excluding carboxylic acids is 2. The molecule has 1 aliphatic carbocycles. The van der Waals surface area contributed by atoms with Gasteiger partial charge in [0.15, 0.2) is 0 Å². The first-order chi connectivity index (χ1) is 15.1. The van der Waals surface area contributed by atoms with Gasteiger partial charge >= 0.3 is 0 Å². The van der Waals surface area contributed by atoms with E-state index in [4.69, 9.17) is 11.6 Å². The van der Waals surface area contributed by atoms with Crippen molar-refractivity contribution in [2.45, 2.75) is 43.5 Å². The van der Waals surface area contributed by atoms with Crippen molar-refractivity contribution in [2.75, 3.05) is 6.54 Å². The fraction of sp³-hybridized carbons (Fsp3) is 0.360. The number of hydrogen-bond donors (Lipinski definition) is 1. The molecule has 3 aliphatic rings. The molecule has 1 N–H and O–H groups in total. The molecule has 2 amide bonds. The maximum atomic E-state index is 13.2. The Balaban J connectivity index is 1.25. The van der Waals surface area contributed by atoms with Crippen LogP contribution in [0.2, 0.25) is 5.02 Å². The topological polar surface area (TPSA) is 49.4 Å². The molecule has 2 fully saturated rings. The monoisotopic (exact) mass is 452 g/mol. The molecule has 6 heteroatoms. The Morgan fingerprint density at radius 3 is 2.71 bits per heavy atom. The highest BCUT2D eigenvalue weighted by atomic mass is 35.5. The summed E-state index contributed by atoms with van der Waals surface area (Å²) in [6.45, 7) is 1.48. The van der Waals surface area contributed by atoms with E-state index in [9.17, 15) is 9.59 Å². The van der Waals surface area contributed by atoms with Gasteiger partial charge in [0.2, 0.25) is 5.91 Å². The standard InChI is InChI=1S/C25H25ClN2O2S/c26-20-8-4-3-6-17(20)14-23-24(29)27-21-13-18(9-10-22(21)31-23)25(30)28-12-11-16-5-1-2-7-19(16)15-28/h1-8,14,18,21-22H,9-13,15H2,(H,27,29)/b23-14-. The summed E-state index contributed by atoms with van der Waals surface area (Å²) in [6, 6.07) is 16.0. The molecule has 31 heavy (non-hydrogen) atoms. The van der Waals surface area contributed by atoms with Gasteiger partial charge in [0.05, 0.1) is 4.91 Å². The minimum atomic E-state index is -0.0637. The Morgan fingerprint density at radius 2 is 1.87 bits per heavy atom. The third kappa shape index (κ3) is 4.26. The zero-order chi connectivity index (χ0) is 21.4. The summed E-state index contributed by atoms with van der Waals surface area (Å²) in [6.07, 6.45) is 5.32. The number of amides is 2. The average molecular weight is 453 g/mol. The van der Waals surface area contributed by atoms with Crippen molar-refractivity contribution in [2.24, 2.45) is 5.92 Å². The summed E-state index contributed by atoms with van der Waals surface area (Å²) in [4.78, 5) is 28.7. The molecule has 1 saturated heterocycles. The van der Waals surface area contributed by atoms with Crippen LogP contribution in [0.25, 0.3) is 6.08 Å².